The van der Waals surface area contributed by atoms with E-state index in [-0.39, 0.29) is 22.6 Å². The molecule has 6 heteroatoms. The van der Waals surface area contributed by atoms with Crippen LogP contribution < -0.4 is 5.73 Å². The highest BCUT2D eigenvalue weighted by molar-refractivity contribution is 6.42. The first kappa shape index (κ1) is 18.7. The van der Waals surface area contributed by atoms with Crippen LogP contribution in [-0.2, 0) is 0 Å². The molecule has 136 valence electrons. The number of amides is 1. The summed E-state index contributed by atoms with van der Waals surface area (Å²) in [7, 11) is 0. The Morgan fingerprint density at radius 1 is 1.30 bits per heavy atom. The molecule has 5 nitrogen and oxygen atoms in total. The quantitative estimate of drug-likeness (QED) is 0.795. The number of aryl methyl sites for hydroxylation is 1. The van der Waals surface area contributed by atoms with Crippen molar-refractivity contribution in [1.82, 2.24) is 4.90 Å². The lowest BCUT2D eigenvalue weighted by Crippen LogP contribution is -2.48. The molecule has 3 rings (SSSR count). The predicted octanol–water partition coefficient (Wildman–Crippen LogP) is 3.62. The summed E-state index contributed by atoms with van der Waals surface area (Å²) in [6, 6.07) is 14.9. The number of hydrogen-bond donors (Lipinski definition) is 2. The predicted molar refractivity (Wildman–Crippen MR) is 107 cm³/mol. The molecule has 0 saturated carbocycles. The van der Waals surface area contributed by atoms with Gasteiger partial charge in [-0.3, -0.25) is 4.79 Å². The summed E-state index contributed by atoms with van der Waals surface area (Å²) in [6.07, 6.45) is 0.989. The Morgan fingerprint density at radius 3 is 2.56 bits per heavy atom. The number of nitrogens with zero attached hydrogens (tertiary/aromatic N) is 2. The summed E-state index contributed by atoms with van der Waals surface area (Å²) in [6.45, 7) is 3.16. The van der Waals surface area contributed by atoms with Crippen LogP contribution in [0.5, 0.6) is 0 Å². The summed E-state index contributed by atoms with van der Waals surface area (Å²) in [4.78, 5) is 14.6. The highest BCUT2D eigenvalue weighted by Gasteiger charge is 2.32. The molecule has 1 aliphatic heterocycles. The maximum absolute atomic E-state index is 12.8. The molecule has 0 spiro atoms. The fourth-order valence-electron chi connectivity index (χ4n) is 3.12. The van der Waals surface area contributed by atoms with Gasteiger partial charge in [-0.05, 0) is 42.3 Å². The average molecular weight is 379 g/mol. The number of hydrogen-bond acceptors (Lipinski definition) is 4. The number of halogens is 1. The Hall–Kier alpha value is -3.10. The summed E-state index contributed by atoms with van der Waals surface area (Å²) in [5, 5.41) is 16.3. The monoisotopic (exact) mass is 378 g/mol. The maximum atomic E-state index is 12.8. The lowest BCUT2D eigenvalue weighted by Gasteiger charge is -2.39. The third kappa shape index (κ3) is 3.71. The molecule has 2 aromatic carbocycles. The molecule has 1 saturated heterocycles. The second-order valence-electron chi connectivity index (χ2n) is 6.58. The van der Waals surface area contributed by atoms with Gasteiger partial charge in [-0.25, -0.2) is 0 Å². The van der Waals surface area contributed by atoms with Crippen molar-refractivity contribution in [3.63, 3.8) is 0 Å². The van der Waals surface area contributed by atoms with Gasteiger partial charge in [0, 0.05) is 36.3 Å². The first-order valence-corrected chi connectivity index (χ1v) is 8.88. The van der Waals surface area contributed by atoms with Gasteiger partial charge in [0.15, 0.2) is 0 Å². The van der Waals surface area contributed by atoms with E-state index < -0.39 is 0 Å². The van der Waals surface area contributed by atoms with Gasteiger partial charge in [-0.15, -0.1) is 0 Å². The van der Waals surface area contributed by atoms with Gasteiger partial charge in [-0.1, -0.05) is 29.8 Å². The van der Waals surface area contributed by atoms with Crippen LogP contribution in [0.15, 0.2) is 47.5 Å². The smallest absolute Gasteiger partial charge is 0.253 e. The van der Waals surface area contributed by atoms with Crippen LogP contribution in [0.2, 0.25) is 0 Å². The minimum absolute atomic E-state index is 0.0556. The molecule has 2 aromatic rings. The highest BCUT2D eigenvalue weighted by atomic mass is 35.5. The van der Waals surface area contributed by atoms with E-state index in [4.69, 9.17) is 28.0 Å². The van der Waals surface area contributed by atoms with Crippen molar-refractivity contribution in [3.8, 4) is 6.07 Å². The van der Waals surface area contributed by atoms with Crippen LogP contribution in [0.25, 0.3) is 5.70 Å². The van der Waals surface area contributed by atoms with Crippen molar-refractivity contribution in [3.05, 3.63) is 75.3 Å². The van der Waals surface area contributed by atoms with Crippen LogP contribution in [0.1, 0.15) is 38.5 Å². The van der Waals surface area contributed by atoms with E-state index in [0.29, 0.717) is 29.8 Å². The number of likely N-dealkylation sites (tertiary alicyclic amines) is 1. The van der Waals surface area contributed by atoms with E-state index in [1.165, 1.54) is 0 Å². The van der Waals surface area contributed by atoms with E-state index in [9.17, 15) is 4.79 Å². The molecule has 1 amide bonds. The number of rotatable bonds is 4. The van der Waals surface area contributed by atoms with Crippen molar-refractivity contribution >= 4 is 29.4 Å². The van der Waals surface area contributed by atoms with Gasteiger partial charge in [0.1, 0.15) is 0 Å². The standard InChI is InChI=1S/C21H19ClN4O/c1-13-2-5-16(8-18(13)20(25)19(22)10-24)21(27)26-11-17(12-26)15-6-3-14(9-23)4-7-15/h2-8,10,17,24H,11-12,25H2,1H3/b20-19+,24-10?. The molecule has 0 radical (unpaired) electrons. The minimum atomic E-state index is -0.0556. The van der Waals surface area contributed by atoms with Crippen LogP contribution in [0.4, 0.5) is 0 Å². The number of carbonyl (C=O) groups excluding carboxylic acids is 1. The molecule has 0 atom stereocenters. The van der Waals surface area contributed by atoms with Gasteiger partial charge < -0.3 is 16.0 Å². The largest absolute Gasteiger partial charge is 0.397 e. The molecular formula is C21H19ClN4O. The summed E-state index contributed by atoms with van der Waals surface area (Å²) < 4.78 is 0. The first-order chi connectivity index (χ1) is 12.9. The second-order valence-corrected chi connectivity index (χ2v) is 6.98. The van der Waals surface area contributed by atoms with Gasteiger partial charge in [0.2, 0.25) is 0 Å². The van der Waals surface area contributed by atoms with Crippen molar-refractivity contribution in [1.29, 1.82) is 10.7 Å². The average Bonchev–Trinajstić information content (AvgIpc) is 2.66. The van der Waals surface area contributed by atoms with Crippen molar-refractivity contribution in [2.75, 3.05) is 13.1 Å². The lowest BCUT2D eigenvalue weighted by atomic mass is 9.90. The molecule has 0 aromatic heterocycles. The Kier molecular flexibility index (Phi) is 5.29. The number of nitrogens with one attached hydrogen (secondary N) is 1. The van der Waals surface area contributed by atoms with Gasteiger partial charge >= 0.3 is 0 Å². The van der Waals surface area contributed by atoms with E-state index in [0.717, 1.165) is 17.3 Å². The second kappa shape index (κ2) is 7.65. The van der Waals surface area contributed by atoms with Crippen LogP contribution >= 0.6 is 11.6 Å². The van der Waals surface area contributed by atoms with Gasteiger partial charge in [0.25, 0.3) is 5.91 Å². The molecule has 1 fully saturated rings. The summed E-state index contributed by atoms with van der Waals surface area (Å²) >= 11 is 5.96. The zero-order valence-corrected chi connectivity index (χ0v) is 15.6. The molecule has 1 heterocycles. The number of nitrogens with two attached hydrogens (primary N) is 1. The molecule has 0 aliphatic carbocycles. The number of allylic oxidation sites excluding steroid dienone is 1. The fourth-order valence-corrected chi connectivity index (χ4v) is 3.22. The Morgan fingerprint density at radius 2 is 1.96 bits per heavy atom. The van der Waals surface area contributed by atoms with Gasteiger partial charge in [0.05, 0.1) is 22.4 Å². The normalized spacial score (nSPS) is 14.8. The molecule has 0 unspecified atom stereocenters. The zero-order valence-electron chi connectivity index (χ0n) is 14.9. The topological polar surface area (TPSA) is 94.0 Å². The Labute approximate surface area is 163 Å². The Bertz CT molecular complexity index is 967. The van der Waals surface area contributed by atoms with Gasteiger partial charge in [-0.2, -0.15) is 5.26 Å². The van der Waals surface area contributed by atoms with Crippen molar-refractivity contribution in [2.24, 2.45) is 5.73 Å². The number of nitriles is 1. The van der Waals surface area contributed by atoms with Crippen molar-refractivity contribution in [2.45, 2.75) is 12.8 Å². The zero-order chi connectivity index (χ0) is 19.6. The van der Waals surface area contributed by atoms with E-state index >= 15 is 0 Å². The fraction of sp³-hybridized carbons (Fsp3) is 0.190. The van der Waals surface area contributed by atoms with Crippen LogP contribution in [0.3, 0.4) is 0 Å². The number of benzene rings is 2. The summed E-state index contributed by atoms with van der Waals surface area (Å²) in [5.74, 6) is 0.226. The van der Waals surface area contributed by atoms with Crippen LogP contribution in [-0.4, -0.2) is 30.1 Å². The third-order valence-corrected chi connectivity index (χ3v) is 5.15. The molecular weight excluding hydrogens is 360 g/mol. The summed E-state index contributed by atoms with van der Waals surface area (Å²) in [5.41, 5.74) is 10.2. The number of carbonyl (C=O) groups is 1. The minimum Gasteiger partial charge on any atom is -0.397 e. The first-order valence-electron chi connectivity index (χ1n) is 8.50. The molecule has 1 aliphatic rings. The molecule has 0 bridgehead atoms. The van der Waals surface area contributed by atoms with Crippen LogP contribution in [0, 0.1) is 23.7 Å². The molecule has 27 heavy (non-hydrogen) atoms. The molecule has 3 N–H and O–H groups in total. The van der Waals surface area contributed by atoms with E-state index in [1.54, 1.807) is 29.2 Å². The lowest BCUT2D eigenvalue weighted by molar-refractivity contribution is 0.0602. The van der Waals surface area contributed by atoms with E-state index in [2.05, 4.69) is 6.07 Å². The highest BCUT2D eigenvalue weighted by Crippen LogP contribution is 2.29. The third-order valence-electron chi connectivity index (χ3n) is 4.84. The maximum Gasteiger partial charge on any atom is 0.253 e. The van der Waals surface area contributed by atoms with Crippen molar-refractivity contribution < 1.29 is 4.79 Å². The van der Waals surface area contributed by atoms with E-state index in [1.807, 2.05) is 25.1 Å². The SMILES string of the molecule is Cc1ccc(C(=O)N2CC(c3ccc(C#N)cc3)C2)cc1/C(N)=C(\Cl)C=N. The Balaban J connectivity index is 1.74.